The maximum absolute atomic E-state index is 5.99. The van der Waals surface area contributed by atoms with Crippen molar-refractivity contribution in [2.45, 2.75) is 0 Å². The van der Waals surface area contributed by atoms with Crippen LogP contribution in [-0.4, -0.2) is 58.6 Å². The van der Waals surface area contributed by atoms with Gasteiger partial charge in [0.1, 0.15) is 0 Å². The van der Waals surface area contributed by atoms with E-state index in [4.69, 9.17) is 31.5 Å². The molecular weight excluding hydrogens is 1160 g/mol. The van der Waals surface area contributed by atoms with Crippen LogP contribution >= 0.6 is 11.6 Å². The molecule has 12 nitrogen and oxygen atoms in total. The summed E-state index contributed by atoms with van der Waals surface area (Å²) in [5.41, 5.74) is 18.9. The van der Waals surface area contributed by atoms with Crippen LogP contribution in [0.3, 0.4) is 0 Å². The van der Waals surface area contributed by atoms with Crippen LogP contribution in [0.4, 0.5) is 0 Å². The van der Waals surface area contributed by atoms with Gasteiger partial charge in [0.25, 0.3) is 0 Å². The summed E-state index contributed by atoms with van der Waals surface area (Å²) >= 11 is 5.99. The Bertz CT molecular complexity index is 5580. The largest absolute Gasteiger partial charge is 0.351 e. The second kappa shape index (κ2) is 24.5. The van der Waals surface area contributed by atoms with E-state index >= 15 is 0 Å². The molecule has 13 heteroatoms. The lowest BCUT2D eigenvalue weighted by Gasteiger charge is -2.13. The van der Waals surface area contributed by atoms with Crippen molar-refractivity contribution in [3.63, 3.8) is 0 Å². The first-order chi connectivity index (χ1) is 46.0. The maximum Gasteiger partial charge on any atom is 0.238 e. The number of hydrogen-bond donors (Lipinski definition) is 1. The van der Waals surface area contributed by atoms with Crippen molar-refractivity contribution < 1.29 is 0 Å². The molecule has 93 heavy (non-hydrogen) atoms. The van der Waals surface area contributed by atoms with Crippen molar-refractivity contribution >= 4 is 77.3 Å². The standard InChI is InChI=1S/C40H26N6.C25H17N3.C15H10ClN3/c1-4-12-27(13-5-1)31-18-10-19-32(26-31)45-25-23-28-21-22-33-35-34(20-11-24-41-35)46(37(33)36(28)45)40-43-38(29-14-6-2-7-15-29)42-39(44-40)30-16-8-3-9-17-30;1-2-6-17(7-3-1)19-8-4-9-20(16-19)28-15-13-18-11-12-21-23-22(10-5-14-26-23)27-24(21)25(18)28;16-15-18-13(11-7-3-1-4-8-11)17-14(19-15)12-9-5-2-6-10-12/h1-26H;1-16,27H;1-10H. The third-order valence-electron chi connectivity index (χ3n) is 16.5. The highest BCUT2D eigenvalue weighted by molar-refractivity contribution is 6.28. The average Bonchev–Trinajstić information content (AvgIpc) is 1.58. The number of nitrogens with zero attached hydrogens (tertiary/aromatic N) is 11. The maximum atomic E-state index is 5.99. The fraction of sp³-hybridized carbons (Fsp3) is 0. The summed E-state index contributed by atoms with van der Waals surface area (Å²) < 4.78 is 6.68. The molecule has 18 aromatic rings. The number of fused-ring (bicyclic) bond motifs is 10. The van der Waals surface area contributed by atoms with Gasteiger partial charge in [-0.25, -0.2) is 9.97 Å². The Morgan fingerprint density at radius 2 is 0.731 bits per heavy atom. The molecule has 0 amide bonds. The lowest BCUT2D eigenvalue weighted by Crippen LogP contribution is -2.07. The van der Waals surface area contributed by atoms with Gasteiger partial charge in [0, 0.05) is 80.0 Å². The minimum Gasteiger partial charge on any atom is -0.351 e. The molecule has 0 radical (unpaired) electrons. The summed E-state index contributed by atoms with van der Waals surface area (Å²) in [6, 6.07) is 99.0. The fourth-order valence-electron chi connectivity index (χ4n) is 12.2. The van der Waals surface area contributed by atoms with Gasteiger partial charge >= 0.3 is 0 Å². The van der Waals surface area contributed by atoms with Gasteiger partial charge in [-0.05, 0) is 107 Å². The van der Waals surface area contributed by atoms with E-state index in [0.29, 0.717) is 29.2 Å². The first-order valence-corrected chi connectivity index (χ1v) is 30.9. The molecule has 0 unspecified atom stereocenters. The zero-order valence-electron chi connectivity index (χ0n) is 49.8. The van der Waals surface area contributed by atoms with E-state index in [1.807, 2.05) is 158 Å². The molecule has 0 atom stereocenters. The van der Waals surface area contributed by atoms with Crippen LogP contribution in [0.15, 0.2) is 316 Å². The Morgan fingerprint density at radius 3 is 1.24 bits per heavy atom. The number of benzene rings is 10. The monoisotopic (exact) mass is 1220 g/mol. The van der Waals surface area contributed by atoms with Crippen LogP contribution in [0.25, 0.3) is 151 Å². The third kappa shape index (κ3) is 10.9. The number of hydrogen-bond acceptors (Lipinski definition) is 8. The van der Waals surface area contributed by atoms with Gasteiger partial charge < -0.3 is 14.1 Å². The van der Waals surface area contributed by atoms with Crippen LogP contribution in [0.2, 0.25) is 5.28 Å². The van der Waals surface area contributed by atoms with Crippen molar-refractivity contribution in [3.8, 4) is 85.1 Å². The Hall–Kier alpha value is -12.5. The summed E-state index contributed by atoms with van der Waals surface area (Å²) in [7, 11) is 0. The van der Waals surface area contributed by atoms with E-state index in [2.05, 4.69) is 197 Å². The smallest absolute Gasteiger partial charge is 0.238 e. The highest BCUT2D eigenvalue weighted by atomic mass is 35.5. The van der Waals surface area contributed by atoms with Crippen LogP contribution < -0.4 is 0 Å². The lowest BCUT2D eigenvalue weighted by atomic mass is 10.1. The van der Waals surface area contributed by atoms with E-state index in [1.54, 1.807) is 0 Å². The molecule has 18 rings (SSSR count). The van der Waals surface area contributed by atoms with Gasteiger partial charge in [-0.3, -0.25) is 14.5 Å². The number of aromatic amines is 1. The quantitative estimate of drug-likeness (QED) is 0.151. The molecule has 8 aromatic heterocycles. The summed E-state index contributed by atoms with van der Waals surface area (Å²) in [5.74, 6) is 2.93. The average molecular weight is 1220 g/mol. The molecule has 0 aliphatic rings. The second-order valence-corrected chi connectivity index (χ2v) is 22.6. The number of nitrogens with one attached hydrogen (secondary N) is 1. The van der Waals surface area contributed by atoms with Crippen molar-refractivity contribution in [3.05, 3.63) is 321 Å². The van der Waals surface area contributed by atoms with Gasteiger partial charge in [0.05, 0.1) is 44.1 Å². The second-order valence-electron chi connectivity index (χ2n) is 22.3. The fourth-order valence-corrected chi connectivity index (χ4v) is 12.4. The molecule has 0 fully saturated rings. The molecule has 0 saturated carbocycles. The minimum atomic E-state index is 0.202. The van der Waals surface area contributed by atoms with Crippen molar-refractivity contribution in [2.24, 2.45) is 0 Å². The third-order valence-corrected chi connectivity index (χ3v) is 16.7. The highest BCUT2D eigenvalue weighted by Crippen LogP contribution is 2.39. The van der Waals surface area contributed by atoms with Crippen LogP contribution in [-0.2, 0) is 0 Å². The number of halogens is 1. The lowest BCUT2D eigenvalue weighted by molar-refractivity contribution is 0.952. The van der Waals surface area contributed by atoms with E-state index in [-0.39, 0.29) is 5.28 Å². The molecule has 0 bridgehead atoms. The van der Waals surface area contributed by atoms with Crippen molar-refractivity contribution in [1.29, 1.82) is 0 Å². The molecule has 1 N–H and O–H groups in total. The number of aromatic nitrogens is 12. The Morgan fingerprint density at radius 1 is 0.312 bits per heavy atom. The van der Waals surface area contributed by atoms with E-state index < -0.39 is 0 Å². The van der Waals surface area contributed by atoms with Gasteiger partial charge in [-0.15, -0.1) is 0 Å². The number of rotatable bonds is 9. The van der Waals surface area contributed by atoms with Crippen LogP contribution in [0.1, 0.15) is 0 Å². The summed E-state index contributed by atoms with van der Waals surface area (Å²) in [6.45, 7) is 0. The number of H-pyrrole nitrogens is 1. The molecule has 8 heterocycles. The summed E-state index contributed by atoms with van der Waals surface area (Å²) in [5, 5.41) is 4.71. The van der Waals surface area contributed by atoms with Crippen molar-refractivity contribution in [1.82, 2.24) is 58.6 Å². The molecule has 0 saturated heterocycles. The predicted octanol–water partition coefficient (Wildman–Crippen LogP) is 19.5. The van der Waals surface area contributed by atoms with Crippen LogP contribution in [0.5, 0.6) is 0 Å². The van der Waals surface area contributed by atoms with Gasteiger partial charge in [0.2, 0.25) is 11.2 Å². The molecule has 0 spiro atoms. The normalized spacial score (nSPS) is 11.3. The summed E-state index contributed by atoms with van der Waals surface area (Å²) in [6.07, 6.45) is 7.98. The Labute approximate surface area is 539 Å². The minimum absolute atomic E-state index is 0.202. The van der Waals surface area contributed by atoms with Crippen molar-refractivity contribution in [2.75, 3.05) is 0 Å². The first kappa shape index (κ1) is 55.8. The molecular formula is C80H53ClN12. The van der Waals surface area contributed by atoms with Gasteiger partial charge in [-0.1, -0.05) is 218 Å². The molecule has 0 aliphatic heterocycles. The number of pyridine rings is 2. The Balaban J connectivity index is 0.000000123. The van der Waals surface area contributed by atoms with E-state index in [0.717, 1.165) is 94.0 Å². The summed E-state index contributed by atoms with van der Waals surface area (Å²) in [4.78, 5) is 41.0. The van der Waals surface area contributed by atoms with Gasteiger partial charge in [-0.2, -0.15) is 19.9 Å². The van der Waals surface area contributed by atoms with Gasteiger partial charge in [0.15, 0.2) is 23.3 Å². The highest BCUT2D eigenvalue weighted by Gasteiger charge is 2.23. The SMILES string of the molecule is Clc1nc(-c2ccccc2)nc(-c2ccccc2)n1.c1ccc(-c2cccc(-n3ccc4ccc5c6ncccc6[nH]c5c43)c2)cc1.c1ccc(-c2cccc(-n3ccc4ccc5c6ncccc6n(-c6nc(-c7ccccc7)nc(-c7ccccc7)n6)c5c43)c2)cc1. The zero-order chi connectivity index (χ0) is 62.0. The topological polar surface area (TPSA) is 134 Å². The van der Waals surface area contributed by atoms with Crippen LogP contribution in [0, 0.1) is 0 Å². The zero-order valence-corrected chi connectivity index (χ0v) is 50.6. The Kier molecular flexibility index (Phi) is 14.7. The molecule has 440 valence electrons. The van der Waals surface area contributed by atoms with E-state index in [1.165, 1.54) is 27.6 Å². The van der Waals surface area contributed by atoms with E-state index in [9.17, 15) is 0 Å². The molecule has 10 aromatic carbocycles. The first-order valence-electron chi connectivity index (χ1n) is 30.5. The molecule has 0 aliphatic carbocycles. The predicted molar refractivity (Wildman–Crippen MR) is 377 cm³/mol.